The topological polar surface area (TPSA) is 70.1 Å². The molecule has 0 atom stereocenters. The van der Waals surface area contributed by atoms with Crippen molar-refractivity contribution < 1.29 is 9.53 Å². The van der Waals surface area contributed by atoms with Gasteiger partial charge < -0.3 is 10.5 Å². The molecule has 0 saturated carbocycles. The van der Waals surface area contributed by atoms with Crippen molar-refractivity contribution in [1.29, 1.82) is 0 Å². The molecule has 2 rings (SSSR count). The Kier molecular flexibility index (Phi) is 3.82. The second-order valence-corrected chi connectivity index (χ2v) is 4.12. The number of fused-ring (bicyclic) bond motifs is 1. The minimum Gasteiger partial charge on any atom is -0.464 e. The molecule has 0 aliphatic heterocycles. The zero-order valence-corrected chi connectivity index (χ0v) is 10.4. The number of para-hydroxylation sites is 2. The number of nitrogens with zero attached hydrogens (tertiary/aromatic N) is 2. The van der Waals surface area contributed by atoms with Crippen LogP contribution in [0.2, 0.25) is 0 Å². The molecule has 0 aliphatic carbocycles. The van der Waals surface area contributed by atoms with E-state index in [2.05, 4.69) is 11.9 Å². The summed E-state index contributed by atoms with van der Waals surface area (Å²) in [6.45, 7) is 2.62. The highest BCUT2D eigenvalue weighted by Crippen LogP contribution is 2.17. The van der Waals surface area contributed by atoms with Crippen LogP contribution < -0.4 is 5.73 Å². The Morgan fingerprint density at radius 1 is 1.44 bits per heavy atom. The summed E-state index contributed by atoms with van der Waals surface area (Å²) < 4.78 is 6.79. The number of aromatic nitrogens is 2. The fourth-order valence-electron chi connectivity index (χ4n) is 1.77. The maximum atomic E-state index is 11.7. The SMILES string of the molecule is CCCCOC(=O)Cn1c(N)nc2ccccc21. The zero-order chi connectivity index (χ0) is 13.0. The van der Waals surface area contributed by atoms with Gasteiger partial charge >= 0.3 is 5.97 Å². The van der Waals surface area contributed by atoms with Crippen LogP contribution in [0.4, 0.5) is 5.95 Å². The third-order valence-corrected chi connectivity index (χ3v) is 2.73. The van der Waals surface area contributed by atoms with E-state index in [4.69, 9.17) is 10.5 Å². The lowest BCUT2D eigenvalue weighted by Crippen LogP contribution is -2.15. The van der Waals surface area contributed by atoms with E-state index in [9.17, 15) is 4.79 Å². The third kappa shape index (κ3) is 2.61. The molecule has 1 aromatic heterocycles. The number of nitrogens with two attached hydrogens (primary N) is 1. The van der Waals surface area contributed by atoms with Gasteiger partial charge in [0.15, 0.2) is 0 Å². The minimum atomic E-state index is -0.279. The first-order chi connectivity index (χ1) is 8.72. The average molecular weight is 247 g/mol. The molecular formula is C13H17N3O2. The zero-order valence-electron chi connectivity index (χ0n) is 10.4. The predicted octanol–water partition coefficient (Wildman–Crippen LogP) is 1.96. The molecule has 0 fully saturated rings. The number of nitrogen functional groups attached to an aromatic ring is 1. The summed E-state index contributed by atoms with van der Waals surface area (Å²) in [6.07, 6.45) is 1.88. The van der Waals surface area contributed by atoms with Gasteiger partial charge in [-0.25, -0.2) is 4.98 Å². The maximum absolute atomic E-state index is 11.7. The number of rotatable bonds is 5. The summed E-state index contributed by atoms with van der Waals surface area (Å²) in [6, 6.07) is 7.53. The predicted molar refractivity (Wildman–Crippen MR) is 70.0 cm³/mol. The van der Waals surface area contributed by atoms with Crippen molar-refractivity contribution in [2.24, 2.45) is 0 Å². The third-order valence-electron chi connectivity index (χ3n) is 2.73. The van der Waals surface area contributed by atoms with Crippen molar-refractivity contribution in [3.8, 4) is 0 Å². The van der Waals surface area contributed by atoms with Crippen LogP contribution in [0.1, 0.15) is 19.8 Å². The molecule has 1 aromatic carbocycles. The van der Waals surface area contributed by atoms with E-state index in [1.807, 2.05) is 24.3 Å². The van der Waals surface area contributed by atoms with Crippen LogP contribution in [0.15, 0.2) is 24.3 Å². The Morgan fingerprint density at radius 2 is 2.22 bits per heavy atom. The first kappa shape index (κ1) is 12.4. The summed E-state index contributed by atoms with van der Waals surface area (Å²) in [7, 11) is 0. The van der Waals surface area contributed by atoms with Crippen LogP contribution in [0.5, 0.6) is 0 Å². The standard InChI is InChI=1S/C13H17N3O2/c1-2-3-8-18-12(17)9-16-11-7-5-4-6-10(11)15-13(16)14/h4-7H,2-3,8-9H2,1H3,(H2,14,15). The lowest BCUT2D eigenvalue weighted by atomic mass is 10.3. The van der Waals surface area contributed by atoms with Crippen molar-refractivity contribution >= 4 is 23.0 Å². The van der Waals surface area contributed by atoms with Crippen molar-refractivity contribution in [1.82, 2.24) is 9.55 Å². The Labute approximate surface area is 106 Å². The quantitative estimate of drug-likeness (QED) is 0.647. The smallest absolute Gasteiger partial charge is 0.326 e. The number of carbonyl (C=O) groups is 1. The fourth-order valence-corrected chi connectivity index (χ4v) is 1.77. The van der Waals surface area contributed by atoms with Gasteiger partial charge in [0.25, 0.3) is 0 Å². The first-order valence-corrected chi connectivity index (χ1v) is 6.08. The molecule has 0 radical (unpaired) electrons. The number of anilines is 1. The molecule has 18 heavy (non-hydrogen) atoms. The number of esters is 1. The van der Waals surface area contributed by atoms with E-state index in [1.54, 1.807) is 4.57 Å². The monoisotopic (exact) mass is 247 g/mol. The second-order valence-electron chi connectivity index (χ2n) is 4.12. The number of ether oxygens (including phenoxy) is 1. The van der Waals surface area contributed by atoms with Crippen molar-refractivity contribution in [2.75, 3.05) is 12.3 Å². The normalized spacial score (nSPS) is 10.7. The molecule has 5 nitrogen and oxygen atoms in total. The van der Waals surface area contributed by atoms with Crippen LogP contribution in [0.3, 0.4) is 0 Å². The van der Waals surface area contributed by atoms with E-state index in [-0.39, 0.29) is 12.5 Å². The minimum absolute atomic E-state index is 0.107. The molecular weight excluding hydrogens is 230 g/mol. The highest BCUT2D eigenvalue weighted by atomic mass is 16.5. The van der Waals surface area contributed by atoms with E-state index in [0.29, 0.717) is 12.6 Å². The average Bonchev–Trinajstić information content (AvgIpc) is 2.67. The van der Waals surface area contributed by atoms with Crippen LogP contribution in [0.25, 0.3) is 11.0 Å². The van der Waals surface area contributed by atoms with Crippen LogP contribution in [-0.4, -0.2) is 22.1 Å². The van der Waals surface area contributed by atoms with Crippen molar-refractivity contribution in [2.45, 2.75) is 26.3 Å². The van der Waals surface area contributed by atoms with Gasteiger partial charge in [0.2, 0.25) is 5.95 Å². The molecule has 0 amide bonds. The summed E-state index contributed by atoms with van der Waals surface area (Å²) in [4.78, 5) is 15.9. The summed E-state index contributed by atoms with van der Waals surface area (Å²) in [5.41, 5.74) is 7.44. The lowest BCUT2D eigenvalue weighted by molar-refractivity contribution is -0.144. The van der Waals surface area contributed by atoms with Gasteiger partial charge in [-0.05, 0) is 18.6 Å². The number of hydrogen-bond donors (Lipinski definition) is 1. The number of hydrogen-bond acceptors (Lipinski definition) is 4. The van der Waals surface area contributed by atoms with Crippen LogP contribution >= 0.6 is 0 Å². The van der Waals surface area contributed by atoms with Gasteiger partial charge in [-0.2, -0.15) is 0 Å². The highest BCUT2D eigenvalue weighted by Gasteiger charge is 2.11. The summed E-state index contributed by atoms with van der Waals surface area (Å²) >= 11 is 0. The number of unbranched alkanes of at least 4 members (excludes halogenated alkanes) is 1. The number of imidazole rings is 1. The molecule has 1 heterocycles. The Hall–Kier alpha value is -2.04. The molecule has 0 unspecified atom stereocenters. The molecule has 2 N–H and O–H groups in total. The fraction of sp³-hybridized carbons (Fsp3) is 0.385. The molecule has 2 aromatic rings. The van der Waals surface area contributed by atoms with E-state index in [0.717, 1.165) is 23.9 Å². The highest BCUT2D eigenvalue weighted by molar-refractivity contribution is 5.80. The van der Waals surface area contributed by atoms with Gasteiger partial charge in [0, 0.05) is 0 Å². The Balaban J connectivity index is 2.11. The molecule has 0 bridgehead atoms. The summed E-state index contributed by atoms with van der Waals surface area (Å²) in [5.74, 6) is 0.0574. The van der Waals surface area contributed by atoms with E-state index in [1.165, 1.54) is 0 Å². The van der Waals surface area contributed by atoms with Crippen molar-refractivity contribution in [3.05, 3.63) is 24.3 Å². The molecule has 5 heteroatoms. The molecule has 0 saturated heterocycles. The van der Waals surface area contributed by atoms with E-state index < -0.39 is 0 Å². The number of benzene rings is 1. The van der Waals surface area contributed by atoms with Gasteiger partial charge in [-0.3, -0.25) is 9.36 Å². The van der Waals surface area contributed by atoms with Gasteiger partial charge in [-0.1, -0.05) is 25.5 Å². The van der Waals surface area contributed by atoms with E-state index >= 15 is 0 Å². The van der Waals surface area contributed by atoms with Crippen LogP contribution in [0, 0.1) is 0 Å². The van der Waals surface area contributed by atoms with Crippen LogP contribution in [-0.2, 0) is 16.1 Å². The largest absolute Gasteiger partial charge is 0.464 e. The lowest BCUT2D eigenvalue weighted by Gasteiger charge is -2.06. The Morgan fingerprint density at radius 3 is 3.00 bits per heavy atom. The van der Waals surface area contributed by atoms with Gasteiger partial charge in [0.1, 0.15) is 6.54 Å². The van der Waals surface area contributed by atoms with Gasteiger partial charge in [-0.15, -0.1) is 0 Å². The first-order valence-electron chi connectivity index (χ1n) is 6.08. The molecule has 0 aliphatic rings. The molecule has 0 spiro atoms. The van der Waals surface area contributed by atoms with Gasteiger partial charge in [0.05, 0.1) is 17.6 Å². The Bertz CT molecular complexity index is 548. The summed E-state index contributed by atoms with van der Waals surface area (Å²) in [5, 5.41) is 0. The second kappa shape index (κ2) is 5.53. The maximum Gasteiger partial charge on any atom is 0.326 e. The number of carbonyl (C=O) groups excluding carboxylic acids is 1. The molecule has 96 valence electrons. The van der Waals surface area contributed by atoms with Crippen molar-refractivity contribution in [3.63, 3.8) is 0 Å².